The number of nitro groups is 1. The lowest BCUT2D eigenvalue weighted by Gasteiger charge is -2.02. The molecule has 0 aromatic heterocycles. The normalized spacial score (nSPS) is 10.6. The van der Waals surface area contributed by atoms with Crippen LogP contribution in [0.1, 0.15) is 5.56 Å². The van der Waals surface area contributed by atoms with Crippen molar-refractivity contribution < 1.29 is 18.5 Å². The van der Waals surface area contributed by atoms with E-state index < -0.39 is 22.5 Å². The molecular weight excluding hydrogens is 294 g/mol. The maximum absolute atomic E-state index is 13.0. The van der Waals surface area contributed by atoms with E-state index in [1.165, 1.54) is 30.3 Å². The van der Waals surface area contributed by atoms with Crippen LogP contribution in [0.3, 0.4) is 0 Å². The number of hydrogen-bond acceptors (Lipinski definition) is 3. The fraction of sp³-hybridized carbons (Fsp3) is 0. The van der Waals surface area contributed by atoms with Crippen molar-refractivity contribution in [3.63, 3.8) is 0 Å². The van der Waals surface area contributed by atoms with Crippen LogP contribution >= 0.6 is 0 Å². The molecule has 0 saturated heterocycles. The van der Waals surface area contributed by atoms with Crippen molar-refractivity contribution in [2.75, 3.05) is 5.32 Å². The molecule has 5 nitrogen and oxygen atoms in total. The molecule has 1 amide bonds. The molecule has 0 radical (unpaired) electrons. The third kappa shape index (κ3) is 3.95. The molecule has 112 valence electrons. The Bertz CT molecular complexity index is 760. The van der Waals surface area contributed by atoms with Gasteiger partial charge in [-0.05, 0) is 23.8 Å². The van der Waals surface area contributed by atoms with E-state index in [0.717, 1.165) is 18.2 Å². The number of nitrogens with one attached hydrogen (secondary N) is 1. The van der Waals surface area contributed by atoms with Crippen LogP contribution in [0.25, 0.3) is 6.08 Å². The zero-order valence-corrected chi connectivity index (χ0v) is 11.1. The molecule has 0 bridgehead atoms. The summed E-state index contributed by atoms with van der Waals surface area (Å²) in [6, 6.07) is 8.70. The average molecular weight is 304 g/mol. The number of carbonyl (C=O) groups is 1. The number of non-ortho nitro benzene ring substituents is 1. The molecule has 0 fully saturated rings. The summed E-state index contributed by atoms with van der Waals surface area (Å²) < 4.78 is 25.7. The second-order valence-electron chi connectivity index (χ2n) is 4.30. The maximum Gasteiger partial charge on any atom is 0.270 e. The number of benzene rings is 2. The molecule has 0 aliphatic heterocycles. The number of halogens is 2. The Morgan fingerprint density at radius 3 is 2.59 bits per heavy atom. The highest BCUT2D eigenvalue weighted by Gasteiger charge is 2.06. The van der Waals surface area contributed by atoms with Crippen LogP contribution in [0, 0.1) is 21.7 Å². The van der Waals surface area contributed by atoms with Crippen LogP contribution in [-0.4, -0.2) is 10.8 Å². The van der Waals surface area contributed by atoms with Gasteiger partial charge in [-0.3, -0.25) is 14.9 Å². The maximum atomic E-state index is 13.0. The lowest BCUT2D eigenvalue weighted by molar-refractivity contribution is -0.384. The average Bonchev–Trinajstić information content (AvgIpc) is 2.49. The second kappa shape index (κ2) is 6.57. The molecule has 0 heterocycles. The monoisotopic (exact) mass is 304 g/mol. The van der Waals surface area contributed by atoms with Crippen molar-refractivity contribution in [3.8, 4) is 0 Å². The van der Waals surface area contributed by atoms with Crippen molar-refractivity contribution in [2.24, 2.45) is 0 Å². The number of nitrogens with zero attached hydrogens (tertiary/aromatic N) is 1. The van der Waals surface area contributed by atoms with Gasteiger partial charge in [0.1, 0.15) is 0 Å². The van der Waals surface area contributed by atoms with Gasteiger partial charge in [-0.15, -0.1) is 0 Å². The van der Waals surface area contributed by atoms with Crippen LogP contribution in [0.15, 0.2) is 48.5 Å². The van der Waals surface area contributed by atoms with Gasteiger partial charge in [0.05, 0.1) is 4.92 Å². The minimum Gasteiger partial charge on any atom is -0.322 e. The molecule has 2 rings (SSSR count). The lowest BCUT2D eigenvalue weighted by Crippen LogP contribution is -2.08. The Labute approximate surface area is 124 Å². The number of rotatable bonds is 4. The molecule has 0 aliphatic rings. The van der Waals surface area contributed by atoms with Gasteiger partial charge in [-0.1, -0.05) is 12.1 Å². The molecule has 1 N–H and O–H groups in total. The van der Waals surface area contributed by atoms with Crippen molar-refractivity contribution in [3.05, 3.63) is 75.9 Å². The molecule has 2 aromatic carbocycles. The minimum absolute atomic E-state index is 0.0943. The number of anilines is 1. The van der Waals surface area contributed by atoms with Gasteiger partial charge in [0.2, 0.25) is 5.91 Å². The van der Waals surface area contributed by atoms with Crippen molar-refractivity contribution >= 4 is 23.4 Å². The van der Waals surface area contributed by atoms with E-state index in [2.05, 4.69) is 5.32 Å². The highest BCUT2D eigenvalue weighted by molar-refractivity contribution is 6.01. The standard InChI is InChI=1S/C15H10F2N2O3/c16-13-6-5-11(9-14(13)17)18-15(20)7-4-10-2-1-3-12(8-10)19(21)22/h1-9H,(H,18,20)/b7-4+. The van der Waals surface area contributed by atoms with Gasteiger partial charge >= 0.3 is 0 Å². The van der Waals surface area contributed by atoms with Crippen LogP contribution in [-0.2, 0) is 4.79 Å². The molecule has 0 spiro atoms. The Balaban J connectivity index is 2.06. The quantitative estimate of drug-likeness (QED) is 0.533. The minimum atomic E-state index is -1.07. The predicted molar refractivity (Wildman–Crippen MR) is 77.1 cm³/mol. The van der Waals surface area contributed by atoms with Crippen molar-refractivity contribution in [2.45, 2.75) is 0 Å². The van der Waals surface area contributed by atoms with Gasteiger partial charge in [-0.25, -0.2) is 8.78 Å². The third-order valence-corrected chi connectivity index (χ3v) is 2.70. The zero-order valence-electron chi connectivity index (χ0n) is 11.1. The first kappa shape index (κ1) is 15.3. The van der Waals surface area contributed by atoms with Crippen molar-refractivity contribution in [1.82, 2.24) is 0 Å². The third-order valence-electron chi connectivity index (χ3n) is 2.70. The molecule has 7 heteroatoms. The van der Waals surface area contributed by atoms with Gasteiger partial charge in [-0.2, -0.15) is 0 Å². The van der Waals surface area contributed by atoms with Crippen LogP contribution < -0.4 is 5.32 Å². The van der Waals surface area contributed by atoms with Crippen LogP contribution in [0.2, 0.25) is 0 Å². The first-order chi connectivity index (χ1) is 10.5. The Morgan fingerprint density at radius 1 is 1.14 bits per heavy atom. The number of nitro benzene ring substituents is 1. The summed E-state index contributed by atoms with van der Waals surface area (Å²) in [5.74, 6) is -2.65. The topological polar surface area (TPSA) is 72.2 Å². The smallest absolute Gasteiger partial charge is 0.270 e. The molecule has 0 saturated carbocycles. The van der Waals surface area contributed by atoms with E-state index in [-0.39, 0.29) is 11.4 Å². The van der Waals surface area contributed by atoms with Gasteiger partial charge in [0, 0.05) is 30.0 Å². The fourth-order valence-corrected chi connectivity index (χ4v) is 1.67. The zero-order chi connectivity index (χ0) is 16.1. The van der Waals surface area contributed by atoms with Crippen LogP contribution in [0.5, 0.6) is 0 Å². The molecule has 0 atom stereocenters. The summed E-state index contributed by atoms with van der Waals surface area (Å²) in [6.07, 6.45) is 2.52. The Morgan fingerprint density at radius 2 is 1.91 bits per heavy atom. The summed E-state index contributed by atoms with van der Waals surface area (Å²) in [7, 11) is 0. The molecular formula is C15H10F2N2O3. The molecule has 0 unspecified atom stereocenters. The molecule has 22 heavy (non-hydrogen) atoms. The van der Waals surface area contributed by atoms with E-state index in [4.69, 9.17) is 0 Å². The Hall–Kier alpha value is -3.09. The molecule has 2 aromatic rings. The first-order valence-corrected chi connectivity index (χ1v) is 6.14. The van der Waals surface area contributed by atoms with E-state index >= 15 is 0 Å². The summed E-state index contributed by atoms with van der Waals surface area (Å²) >= 11 is 0. The van der Waals surface area contributed by atoms with E-state index in [0.29, 0.717) is 5.56 Å². The number of hydrogen-bond donors (Lipinski definition) is 1. The highest BCUT2D eigenvalue weighted by Crippen LogP contribution is 2.15. The summed E-state index contributed by atoms with van der Waals surface area (Å²) in [6.45, 7) is 0. The summed E-state index contributed by atoms with van der Waals surface area (Å²) in [4.78, 5) is 21.7. The van der Waals surface area contributed by atoms with Gasteiger partial charge in [0.25, 0.3) is 5.69 Å². The predicted octanol–water partition coefficient (Wildman–Crippen LogP) is 3.52. The number of carbonyl (C=O) groups excluding carboxylic acids is 1. The van der Waals surface area contributed by atoms with E-state index in [1.807, 2.05) is 0 Å². The SMILES string of the molecule is O=C(/C=C/c1cccc([N+](=O)[O-])c1)Nc1ccc(F)c(F)c1. The van der Waals surface area contributed by atoms with Gasteiger partial charge in [0.15, 0.2) is 11.6 Å². The van der Waals surface area contributed by atoms with Crippen molar-refractivity contribution in [1.29, 1.82) is 0 Å². The number of amides is 1. The Kier molecular flexibility index (Phi) is 4.57. The fourth-order valence-electron chi connectivity index (χ4n) is 1.67. The lowest BCUT2D eigenvalue weighted by atomic mass is 10.2. The largest absolute Gasteiger partial charge is 0.322 e. The molecule has 0 aliphatic carbocycles. The summed E-state index contributed by atoms with van der Waals surface area (Å²) in [5, 5.41) is 13.0. The summed E-state index contributed by atoms with van der Waals surface area (Å²) in [5.41, 5.74) is 0.477. The van der Waals surface area contributed by atoms with E-state index in [1.54, 1.807) is 6.07 Å². The van der Waals surface area contributed by atoms with Crippen LogP contribution in [0.4, 0.5) is 20.2 Å². The first-order valence-electron chi connectivity index (χ1n) is 6.14. The second-order valence-corrected chi connectivity index (χ2v) is 4.30. The highest BCUT2D eigenvalue weighted by atomic mass is 19.2. The van der Waals surface area contributed by atoms with E-state index in [9.17, 15) is 23.7 Å². The van der Waals surface area contributed by atoms with Gasteiger partial charge < -0.3 is 5.32 Å².